The third-order valence-corrected chi connectivity index (χ3v) is 1.46. The summed E-state index contributed by atoms with van der Waals surface area (Å²) in [6.07, 6.45) is 5.93. The van der Waals surface area contributed by atoms with Crippen molar-refractivity contribution in [3.05, 3.63) is 35.2 Å². The van der Waals surface area contributed by atoms with Crippen LogP contribution in [0.3, 0.4) is 0 Å². The van der Waals surface area contributed by atoms with Gasteiger partial charge in [0.05, 0.1) is 0 Å². The van der Waals surface area contributed by atoms with Crippen LogP contribution in [0.4, 0.5) is 4.39 Å². The molecule has 0 saturated carbocycles. The maximum absolute atomic E-state index is 12.7. The Balaban J connectivity index is 2.90. The summed E-state index contributed by atoms with van der Waals surface area (Å²) >= 11 is 0. The van der Waals surface area contributed by atoms with E-state index < -0.39 is 0 Å². The van der Waals surface area contributed by atoms with Crippen molar-refractivity contribution in [1.29, 1.82) is 0 Å². The minimum Gasteiger partial charge on any atom is -0.211 e. The Bertz CT molecular complexity index is 219. The summed E-state index contributed by atoms with van der Waals surface area (Å²) in [6.45, 7) is 3.83. The second-order valence-electron chi connectivity index (χ2n) is 2.69. The van der Waals surface area contributed by atoms with Gasteiger partial charge in [0.25, 0.3) is 0 Å². The van der Waals surface area contributed by atoms with Gasteiger partial charge in [0.1, 0.15) is 5.83 Å². The number of hydrogen-bond donors (Lipinski definition) is 0. The number of allylic oxidation sites excluding steroid dienone is 6. The Hall–Kier alpha value is -0.850. The minimum absolute atomic E-state index is 0.0417. The van der Waals surface area contributed by atoms with Crippen LogP contribution in [0.5, 0.6) is 0 Å². The van der Waals surface area contributed by atoms with Crippen LogP contribution in [-0.4, -0.2) is 0 Å². The summed E-state index contributed by atoms with van der Waals surface area (Å²) in [5, 5.41) is 0. The van der Waals surface area contributed by atoms with Crippen molar-refractivity contribution in [1.82, 2.24) is 0 Å². The Morgan fingerprint density at radius 1 is 1.30 bits per heavy atom. The highest BCUT2D eigenvalue weighted by atomic mass is 19.1. The van der Waals surface area contributed by atoms with Crippen LogP contribution in [0.15, 0.2) is 35.2 Å². The van der Waals surface area contributed by atoms with Crippen molar-refractivity contribution in [3.8, 4) is 0 Å². The van der Waals surface area contributed by atoms with Crippen molar-refractivity contribution in [2.75, 3.05) is 0 Å². The van der Waals surface area contributed by atoms with Crippen molar-refractivity contribution < 1.29 is 4.39 Å². The molecule has 0 aromatic rings. The van der Waals surface area contributed by atoms with Gasteiger partial charge in [0, 0.05) is 6.42 Å². The molecule has 0 bridgehead atoms. The molecule has 0 aromatic heterocycles. The third-order valence-electron chi connectivity index (χ3n) is 1.46. The van der Waals surface area contributed by atoms with E-state index in [1.807, 2.05) is 26.0 Å². The largest absolute Gasteiger partial charge is 0.211 e. The van der Waals surface area contributed by atoms with Gasteiger partial charge in [0.15, 0.2) is 0 Å². The molecule has 0 unspecified atom stereocenters. The molecule has 1 heteroatoms. The first-order chi connectivity index (χ1) is 4.68. The van der Waals surface area contributed by atoms with Crippen LogP contribution in [0.25, 0.3) is 0 Å². The van der Waals surface area contributed by atoms with E-state index >= 15 is 0 Å². The first kappa shape index (κ1) is 7.26. The van der Waals surface area contributed by atoms with E-state index in [0.717, 1.165) is 11.1 Å². The highest BCUT2D eigenvalue weighted by Crippen LogP contribution is 2.17. The molecule has 0 spiro atoms. The van der Waals surface area contributed by atoms with Crippen molar-refractivity contribution in [2.45, 2.75) is 20.3 Å². The van der Waals surface area contributed by atoms with E-state index in [9.17, 15) is 4.39 Å². The molecule has 0 heterocycles. The lowest BCUT2D eigenvalue weighted by atomic mass is 10.2. The fraction of sp³-hybridized carbons (Fsp3) is 0.333. The lowest BCUT2D eigenvalue weighted by Gasteiger charge is -1.92. The van der Waals surface area contributed by atoms with Gasteiger partial charge in [-0.2, -0.15) is 0 Å². The zero-order chi connectivity index (χ0) is 7.56. The molecular formula is C9H11F. The van der Waals surface area contributed by atoms with Gasteiger partial charge in [-0.3, -0.25) is 0 Å². The molecule has 0 saturated heterocycles. The summed E-state index contributed by atoms with van der Waals surface area (Å²) in [6, 6.07) is 0. The first-order valence-electron chi connectivity index (χ1n) is 3.38. The summed E-state index contributed by atoms with van der Waals surface area (Å²) in [7, 11) is 0. The van der Waals surface area contributed by atoms with E-state index in [-0.39, 0.29) is 5.83 Å². The molecule has 54 valence electrons. The highest BCUT2D eigenvalue weighted by Gasteiger charge is 1.99. The fourth-order valence-electron chi connectivity index (χ4n) is 0.945. The molecule has 0 atom stereocenters. The van der Waals surface area contributed by atoms with Crippen LogP contribution >= 0.6 is 0 Å². The van der Waals surface area contributed by atoms with Crippen LogP contribution in [0.1, 0.15) is 20.3 Å². The van der Waals surface area contributed by atoms with E-state index in [4.69, 9.17) is 0 Å². The Labute approximate surface area is 60.7 Å². The Kier molecular flexibility index (Phi) is 2.05. The highest BCUT2D eigenvalue weighted by molar-refractivity contribution is 5.30. The van der Waals surface area contributed by atoms with E-state index in [0.29, 0.717) is 6.42 Å². The van der Waals surface area contributed by atoms with Gasteiger partial charge in [-0.1, -0.05) is 17.7 Å². The lowest BCUT2D eigenvalue weighted by molar-refractivity contribution is 0.611. The van der Waals surface area contributed by atoms with Crippen molar-refractivity contribution in [2.24, 2.45) is 0 Å². The summed E-state index contributed by atoms with van der Waals surface area (Å²) in [5.74, 6) is -0.0417. The lowest BCUT2D eigenvalue weighted by Crippen LogP contribution is -1.74. The SMILES string of the molecule is CC1=CC=C(C)CC(F)=C1. The molecule has 0 aliphatic heterocycles. The minimum atomic E-state index is -0.0417. The Morgan fingerprint density at radius 2 is 2.00 bits per heavy atom. The van der Waals surface area contributed by atoms with Crippen molar-refractivity contribution in [3.63, 3.8) is 0 Å². The Morgan fingerprint density at radius 3 is 2.70 bits per heavy atom. The molecule has 10 heavy (non-hydrogen) atoms. The van der Waals surface area contributed by atoms with Crippen LogP contribution in [0, 0.1) is 0 Å². The van der Waals surface area contributed by atoms with Gasteiger partial charge in [-0.25, -0.2) is 4.39 Å². The molecule has 1 rings (SSSR count). The summed E-state index contributed by atoms with van der Waals surface area (Å²) in [4.78, 5) is 0. The molecule has 0 nitrogen and oxygen atoms in total. The average molecular weight is 138 g/mol. The van der Waals surface area contributed by atoms with Gasteiger partial charge in [0.2, 0.25) is 0 Å². The summed E-state index contributed by atoms with van der Waals surface area (Å²) < 4.78 is 12.7. The second kappa shape index (κ2) is 2.82. The fourth-order valence-corrected chi connectivity index (χ4v) is 0.945. The summed E-state index contributed by atoms with van der Waals surface area (Å²) in [5.41, 5.74) is 2.06. The maximum atomic E-state index is 12.7. The smallest absolute Gasteiger partial charge is 0.104 e. The molecular weight excluding hydrogens is 127 g/mol. The van der Waals surface area contributed by atoms with Gasteiger partial charge < -0.3 is 0 Å². The number of halogens is 1. The number of hydrogen-bond acceptors (Lipinski definition) is 0. The molecule has 0 amide bonds. The third kappa shape index (κ3) is 1.83. The monoisotopic (exact) mass is 138 g/mol. The zero-order valence-electron chi connectivity index (χ0n) is 6.32. The second-order valence-corrected chi connectivity index (χ2v) is 2.69. The van der Waals surface area contributed by atoms with Crippen LogP contribution < -0.4 is 0 Å². The predicted molar refractivity (Wildman–Crippen MR) is 41.3 cm³/mol. The van der Waals surface area contributed by atoms with Crippen LogP contribution in [-0.2, 0) is 0 Å². The average Bonchev–Trinajstić information content (AvgIpc) is 1.93. The quantitative estimate of drug-likeness (QED) is 0.482. The molecule has 0 N–H and O–H groups in total. The maximum Gasteiger partial charge on any atom is 0.104 e. The molecule has 0 fully saturated rings. The molecule has 0 aromatic carbocycles. The van der Waals surface area contributed by atoms with Crippen LogP contribution in [0.2, 0.25) is 0 Å². The van der Waals surface area contributed by atoms with E-state index in [2.05, 4.69) is 0 Å². The van der Waals surface area contributed by atoms with Gasteiger partial charge >= 0.3 is 0 Å². The normalized spacial score (nSPS) is 18.9. The molecule has 0 radical (unpaired) electrons. The van der Waals surface area contributed by atoms with Gasteiger partial charge in [-0.15, -0.1) is 0 Å². The zero-order valence-corrected chi connectivity index (χ0v) is 6.32. The first-order valence-corrected chi connectivity index (χ1v) is 3.38. The van der Waals surface area contributed by atoms with Crippen molar-refractivity contribution >= 4 is 0 Å². The standard InChI is InChI=1S/C9H11F/c1-7-3-4-8(2)6-9(10)5-7/h3-5H,6H2,1-2H3. The van der Waals surface area contributed by atoms with Gasteiger partial charge in [-0.05, 0) is 25.5 Å². The molecule has 1 aliphatic carbocycles. The van der Waals surface area contributed by atoms with E-state index in [1.165, 1.54) is 0 Å². The topological polar surface area (TPSA) is 0 Å². The molecule has 1 aliphatic rings. The predicted octanol–water partition coefficient (Wildman–Crippen LogP) is 3.14. The van der Waals surface area contributed by atoms with E-state index in [1.54, 1.807) is 6.08 Å². The number of rotatable bonds is 0.